The van der Waals surface area contributed by atoms with Crippen LogP contribution in [0.3, 0.4) is 0 Å². The van der Waals surface area contributed by atoms with E-state index in [1.54, 1.807) is 37.6 Å². The van der Waals surface area contributed by atoms with Crippen molar-refractivity contribution in [3.8, 4) is 0 Å². The highest BCUT2D eigenvalue weighted by atomic mass is 16.2. The number of aromatic nitrogens is 5. The van der Waals surface area contributed by atoms with Crippen LogP contribution >= 0.6 is 0 Å². The number of imidazole rings is 1. The van der Waals surface area contributed by atoms with E-state index < -0.39 is 0 Å². The molecule has 0 saturated carbocycles. The largest absolute Gasteiger partial charge is 0.349 e. The van der Waals surface area contributed by atoms with E-state index in [9.17, 15) is 9.59 Å². The molecule has 0 aliphatic carbocycles. The normalized spacial score (nSPS) is 15.1. The van der Waals surface area contributed by atoms with Crippen LogP contribution in [0, 0.1) is 5.92 Å². The molecule has 3 heterocycles. The summed E-state index contributed by atoms with van der Waals surface area (Å²) < 4.78 is 1.53. The van der Waals surface area contributed by atoms with Gasteiger partial charge in [0, 0.05) is 59.0 Å². The van der Waals surface area contributed by atoms with E-state index in [4.69, 9.17) is 0 Å². The van der Waals surface area contributed by atoms with Crippen LogP contribution in [0.2, 0.25) is 0 Å². The molecular weight excluding hydrogens is 346 g/mol. The van der Waals surface area contributed by atoms with E-state index >= 15 is 0 Å². The highest BCUT2D eigenvalue weighted by Crippen LogP contribution is 2.21. The standard InChI is InChI=1S/C18H27N7O2/c1-23(18(27)15-13-24(2)22-21-15)10-5-14-6-11-25(12-7-14)17(26)4-3-16-19-8-9-20-16/h8-9,13-14H,3-7,10-12H2,1-2H3,(H,19,20). The molecule has 1 N–H and O–H groups in total. The zero-order valence-corrected chi connectivity index (χ0v) is 16.0. The van der Waals surface area contributed by atoms with Gasteiger partial charge >= 0.3 is 0 Å². The van der Waals surface area contributed by atoms with Crippen molar-refractivity contribution >= 4 is 11.8 Å². The third kappa shape index (κ3) is 5.15. The van der Waals surface area contributed by atoms with Crippen LogP contribution in [0.25, 0.3) is 0 Å². The highest BCUT2D eigenvalue weighted by Gasteiger charge is 2.24. The Hall–Kier alpha value is -2.71. The van der Waals surface area contributed by atoms with Crippen molar-refractivity contribution in [1.82, 2.24) is 34.8 Å². The van der Waals surface area contributed by atoms with Gasteiger partial charge in [-0.2, -0.15) is 0 Å². The minimum absolute atomic E-state index is 0.103. The van der Waals surface area contributed by atoms with Gasteiger partial charge in [-0.3, -0.25) is 14.3 Å². The highest BCUT2D eigenvalue weighted by molar-refractivity contribution is 5.91. The lowest BCUT2D eigenvalue weighted by atomic mass is 9.93. The summed E-state index contributed by atoms with van der Waals surface area (Å²) in [5.74, 6) is 1.48. The second-order valence-electron chi connectivity index (χ2n) is 7.15. The minimum Gasteiger partial charge on any atom is -0.349 e. The molecule has 0 aromatic carbocycles. The number of nitrogens with one attached hydrogen (secondary N) is 1. The van der Waals surface area contributed by atoms with Crippen molar-refractivity contribution in [3.63, 3.8) is 0 Å². The number of aryl methyl sites for hydroxylation is 2. The van der Waals surface area contributed by atoms with Crippen LogP contribution < -0.4 is 0 Å². The Bertz CT molecular complexity index is 748. The number of nitrogens with zero attached hydrogens (tertiary/aromatic N) is 6. The number of hydrogen-bond donors (Lipinski definition) is 1. The van der Waals surface area contributed by atoms with Gasteiger partial charge in [-0.15, -0.1) is 5.10 Å². The summed E-state index contributed by atoms with van der Waals surface area (Å²) in [7, 11) is 3.54. The quantitative estimate of drug-likeness (QED) is 0.776. The first-order valence-corrected chi connectivity index (χ1v) is 9.40. The molecule has 9 heteroatoms. The SMILES string of the molecule is CN(CCC1CCN(C(=O)CCc2ncc[nH]2)CC1)C(=O)c1cn(C)nn1. The van der Waals surface area contributed by atoms with Crippen LogP contribution in [0.4, 0.5) is 0 Å². The van der Waals surface area contributed by atoms with Gasteiger partial charge in [0.1, 0.15) is 5.82 Å². The van der Waals surface area contributed by atoms with Gasteiger partial charge < -0.3 is 14.8 Å². The fourth-order valence-electron chi connectivity index (χ4n) is 3.41. The van der Waals surface area contributed by atoms with Gasteiger partial charge in [0.05, 0.1) is 6.20 Å². The van der Waals surface area contributed by atoms with Gasteiger partial charge in [-0.05, 0) is 25.2 Å². The number of hydrogen-bond acceptors (Lipinski definition) is 5. The summed E-state index contributed by atoms with van der Waals surface area (Å²) in [6, 6.07) is 0. The zero-order valence-electron chi connectivity index (χ0n) is 16.0. The molecule has 1 fully saturated rings. The Morgan fingerprint density at radius 3 is 2.74 bits per heavy atom. The number of H-pyrrole nitrogens is 1. The van der Waals surface area contributed by atoms with Crippen molar-refractivity contribution in [3.05, 3.63) is 30.1 Å². The number of likely N-dealkylation sites (tertiary alicyclic amines) is 1. The minimum atomic E-state index is -0.103. The Kier molecular flexibility index (Phi) is 6.20. The van der Waals surface area contributed by atoms with E-state index in [0.29, 0.717) is 31.0 Å². The molecule has 1 saturated heterocycles. The summed E-state index contributed by atoms with van der Waals surface area (Å²) in [5.41, 5.74) is 0.372. The third-order valence-electron chi connectivity index (χ3n) is 5.14. The molecule has 2 amide bonds. The number of aromatic amines is 1. The van der Waals surface area contributed by atoms with Crippen molar-refractivity contribution in [2.75, 3.05) is 26.7 Å². The van der Waals surface area contributed by atoms with Gasteiger partial charge in [-0.25, -0.2) is 4.98 Å². The van der Waals surface area contributed by atoms with E-state index in [1.807, 2.05) is 4.90 Å². The van der Waals surface area contributed by atoms with Crippen LogP contribution in [0.15, 0.2) is 18.6 Å². The van der Waals surface area contributed by atoms with E-state index in [0.717, 1.165) is 38.2 Å². The fraction of sp³-hybridized carbons (Fsp3) is 0.611. The molecule has 3 rings (SSSR count). The molecule has 9 nitrogen and oxygen atoms in total. The summed E-state index contributed by atoms with van der Waals surface area (Å²) >= 11 is 0. The van der Waals surface area contributed by atoms with Crippen LogP contribution in [-0.4, -0.2) is 73.3 Å². The van der Waals surface area contributed by atoms with E-state index in [1.165, 1.54) is 4.68 Å². The molecule has 0 unspecified atom stereocenters. The Morgan fingerprint density at radius 1 is 1.33 bits per heavy atom. The maximum absolute atomic E-state index is 12.3. The van der Waals surface area contributed by atoms with Crippen LogP contribution in [0.1, 0.15) is 42.0 Å². The number of rotatable bonds is 7. The first-order valence-electron chi connectivity index (χ1n) is 9.40. The Morgan fingerprint density at radius 2 is 2.11 bits per heavy atom. The van der Waals surface area contributed by atoms with Crippen molar-refractivity contribution < 1.29 is 9.59 Å². The average Bonchev–Trinajstić information content (AvgIpc) is 3.35. The van der Waals surface area contributed by atoms with E-state index in [-0.39, 0.29) is 11.8 Å². The molecule has 27 heavy (non-hydrogen) atoms. The van der Waals surface area contributed by atoms with Crippen molar-refractivity contribution in [2.45, 2.75) is 32.1 Å². The van der Waals surface area contributed by atoms with Crippen LogP contribution in [-0.2, 0) is 18.3 Å². The molecule has 2 aromatic heterocycles. The van der Waals surface area contributed by atoms with Crippen molar-refractivity contribution in [1.29, 1.82) is 0 Å². The molecule has 1 aliphatic heterocycles. The topological polar surface area (TPSA) is 100 Å². The molecule has 2 aromatic rings. The van der Waals surface area contributed by atoms with Gasteiger partial charge in [0.2, 0.25) is 5.91 Å². The molecular formula is C18H27N7O2. The monoisotopic (exact) mass is 373 g/mol. The predicted octanol–water partition coefficient (Wildman–Crippen LogP) is 0.872. The lowest BCUT2D eigenvalue weighted by molar-refractivity contribution is -0.132. The molecule has 1 aliphatic rings. The molecule has 0 atom stereocenters. The van der Waals surface area contributed by atoms with Gasteiger partial charge in [0.25, 0.3) is 5.91 Å². The number of amides is 2. The maximum atomic E-state index is 12.3. The molecule has 0 radical (unpaired) electrons. The molecule has 0 spiro atoms. The lowest BCUT2D eigenvalue weighted by Crippen LogP contribution is -2.39. The number of piperidine rings is 1. The summed E-state index contributed by atoms with van der Waals surface area (Å²) in [6.07, 6.45) is 9.17. The van der Waals surface area contributed by atoms with Gasteiger partial charge in [-0.1, -0.05) is 5.21 Å². The second-order valence-corrected chi connectivity index (χ2v) is 7.15. The Balaban J connectivity index is 1.36. The molecule has 0 bridgehead atoms. The first kappa shape index (κ1) is 19.1. The van der Waals surface area contributed by atoms with Gasteiger partial charge in [0.15, 0.2) is 5.69 Å². The summed E-state index contributed by atoms with van der Waals surface area (Å²) in [4.78, 5) is 35.5. The summed E-state index contributed by atoms with van der Waals surface area (Å²) in [5, 5.41) is 7.67. The third-order valence-corrected chi connectivity index (χ3v) is 5.14. The number of carbonyl (C=O) groups excluding carboxylic acids is 2. The summed E-state index contributed by atoms with van der Waals surface area (Å²) in [6.45, 7) is 2.28. The zero-order chi connectivity index (χ0) is 19.2. The van der Waals surface area contributed by atoms with Crippen LogP contribution in [0.5, 0.6) is 0 Å². The average molecular weight is 373 g/mol. The fourth-order valence-corrected chi connectivity index (χ4v) is 3.41. The molecule has 146 valence electrons. The van der Waals surface area contributed by atoms with E-state index in [2.05, 4.69) is 20.3 Å². The van der Waals surface area contributed by atoms with Crippen molar-refractivity contribution in [2.24, 2.45) is 13.0 Å². The first-order chi connectivity index (χ1) is 13.0. The smallest absolute Gasteiger partial charge is 0.275 e. The second kappa shape index (κ2) is 8.79. The maximum Gasteiger partial charge on any atom is 0.275 e. The predicted molar refractivity (Wildman–Crippen MR) is 98.8 cm³/mol. The lowest BCUT2D eigenvalue weighted by Gasteiger charge is -2.32. The Labute approximate surface area is 158 Å². The number of carbonyl (C=O) groups is 2.